The molecule has 0 fully saturated rings. The number of hydrogen-bond acceptors (Lipinski definition) is 7. The maximum Gasteiger partial charge on any atom is 0.306 e. The number of unbranched alkanes of at least 4 members (excludes halogenated alkanes) is 4. The molecule has 9 nitrogen and oxygen atoms in total. The lowest BCUT2D eigenvalue weighted by atomic mass is 10.2. The van der Waals surface area contributed by atoms with E-state index in [2.05, 4.69) is 27.2 Å². The molecule has 0 bridgehead atoms. The zero-order chi connectivity index (χ0) is 22.0. The molecule has 2 aromatic heterocycles. The van der Waals surface area contributed by atoms with E-state index >= 15 is 0 Å². The number of carbonyl (C=O) groups is 1. The number of aryl methyl sites for hydroxylation is 2. The number of nitrogen functional groups attached to an aromatic ring is 1. The van der Waals surface area contributed by atoms with Crippen molar-refractivity contribution < 1.29 is 9.53 Å². The number of azo groups is 1. The maximum atomic E-state index is 11.8. The van der Waals surface area contributed by atoms with E-state index in [0.717, 1.165) is 19.4 Å². The van der Waals surface area contributed by atoms with E-state index in [1.54, 1.807) is 17.1 Å². The predicted molar refractivity (Wildman–Crippen MR) is 117 cm³/mol. The van der Waals surface area contributed by atoms with E-state index in [1.165, 1.54) is 19.3 Å². The molecule has 2 rings (SSSR count). The number of carbonyl (C=O) groups excluding carboxylic acids is 1. The lowest BCUT2D eigenvalue weighted by Gasteiger charge is -2.19. The quantitative estimate of drug-likeness (QED) is 0.291. The molecule has 2 heterocycles. The molecule has 2 aromatic rings. The number of nitrogens with zero attached hydrogens (tertiary/aromatic N) is 6. The van der Waals surface area contributed by atoms with Crippen LogP contribution in [0.3, 0.4) is 0 Å². The van der Waals surface area contributed by atoms with Gasteiger partial charge in [-0.1, -0.05) is 26.2 Å². The molecule has 0 spiro atoms. The first-order valence-electron chi connectivity index (χ1n) is 10.8. The van der Waals surface area contributed by atoms with Crippen molar-refractivity contribution in [3.63, 3.8) is 0 Å². The van der Waals surface area contributed by atoms with Crippen molar-refractivity contribution in [1.29, 1.82) is 0 Å². The first-order valence-corrected chi connectivity index (χ1v) is 10.8. The molecule has 0 amide bonds. The molecule has 166 valence electrons. The molecule has 0 saturated carbocycles. The number of hydrogen-bond donors (Lipinski definition) is 1. The Hall–Kier alpha value is -2.71. The average Bonchev–Trinajstić information content (AvgIpc) is 3.26. The molecular weight excluding hydrogens is 382 g/mol. The highest BCUT2D eigenvalue weighted by molar-refractivity contribution is 5.69. The van der Waals surface area contributed by atoms with Crippen LogP contribution in [0.1, 0.15) is 72.6 Å². The van der Waals surface area contributed by atoms with Gasteiger partial charge in [-0.25, -0.2) is 9.67 Å². The van der Waals surface area contributed by atoms with Crippen LogP contribution in [0.15, 0.2) is 28.8 Å². The molecule has 9 heteroatoms. The average molecular weight is 418 g/mol. The van der Waals surface area contributed by atoms with Crippen molar-refractivity contribution in [2.24, 2.45) is 10.2 Å². The largest absolute Gasteiger partial charge is 0.460 e. The van der Waals surface area contributed by atoms with Crippen LogP contribution in [0.2, 0.25) is 0 Å². The SMILES string of the molecule is CCCCCCn1ccnc1N=Nc1cnn(CCCCC(=O)OC(C)(C)C)c1N. The number of imidazole rings is 1. The van der Waals surface area contributed by atoms with Gasteiger partial charge in [0.1, 0.15) is 17.1 Å². The molecule has 0 unspecified atom stereocenters. The Morgan fingerprint density at radius 3 is 2.63 bits per heavy atom. The fraction of sp³-hybridized carbons (Fsp3) is 0.667. The Kier molecular flexibility index (Phi) is 9.01. The predicted octanol–water partition coefficient (Wildman–Crippen LogP) is 5.17. The van der Waals surface area contributed by atoms with Gasteiger partial charge in [-0.3, -0.25) is 4.79 Å². The van der Waals surface area contributed by atoms with Gasteiger partial charge in [0.25, 0.3) is 0 Å². The van der Waals surface area contributed by atoms with Crippen LogP contribution in [0.5, 0.6) is 0 Å². The summed E-state index contributed by atoms with van der Waals surface area (Å²) >= 11 is 0. The highest BCUT2D eigenvalue weighted by Crippen LogP contribution is 2.24. The smallest absolute Gasteiger partial charge is 0.306 e. The molecular formula is C21H35N7O2. The number of nitrogens with two attached hydrogens (primary N) is 1. The number of aromatic nitrogens is 4. The second-order valence-corrected chi connectivity index (χ2v) is 8.36. The van der Waals surface area contributed by atoms with Gasteiger partial charge in [-0.05, 0) is 40.0 Å². The van der Waals surface area contributed by atoms with E-state index in [4.69, 9.17) is 10.5 Å². The van der Waals surface area contributed by atoms with Crippen LogP contribution in [-0.4, -0.2) is 30.9 Å². The Morgan fingerprint density at radius 1 is 1.13 bits per heavy atom. The van der Waals surface area contributed by atoms with Crippen LogP contribution in [0.4, 0.5) is 17.5 Å². The molecule has 30 heavy (non-hydrogen) atoms. The molecule has 0 radical (unpaired) electrons. The van der Waals surface area contributed by atoms with E-state index in [0.29, 0.717) is 36.8 Å². The van der Waals surface area contributed by atoms with Crippen LogP contribution in [0.25, 0.3) is 0 Å². The fourth-order valence-corrected chi connectivity index (χ4v) is 2.95. The summed E-state index contributed by atoms with van der Waals surface area (Å²) in [6.45, 7) is 9.28. The first kappa shape index (κ1) is 23.6. The summed E-state index contributed by atoms with van der Waals surface area (Å²) in [5.41, 5.74) is 6.21. The number of rotatable bonds is 12. The second-order valence-electron chi connectivity index (χ2n) is 8.36. The van der Waals surface area contributed by atoms with E-state index in [9.17, 15) is 4.79 Å². The second kappa shape index (κ2) is 11.5. The molecule has 0 aliphatic rings. The van der Waals surface area contributed by atoms with Gasteiger partial charge in [-0.2, -0.15) is 5.10 Å². The summed E-state index contributed by atoms with van der Waals surface area (Å²) in [4.78, 5) is 16.0. The van der Waals surface area contributed by atoms with Crippen molar-refractivity contribution in [2.45, 2.75) is 91.3 Å². The Bertz CT molecular complexity index is 818. The maximum absolute atomic E-state index is 11.8. The van der Waals surface area contributed by atoms with Crippen molar-refractivity contribution in [1.82, 2.24) is 19.3 Å². The Labute approximate surface area is 178 Å². The van der Waals surface area contributed by atoms with Crippen LogP contribution >= 0.6 is 0 Å². The van der Waals surface area contributed by atoms with Gasteiger partial charge in [0.05, 0.1) is 6.20 Å². The normalized spacial score (nSPS) is 12.0. The molecule has 2 N–H and O–H groups in total. The van der Waals surface area contributed by atoms with Crippen molar-refractivity contribution in [2.75, 3.05) is 5.73 Å². The third kappa shape index (κ3) is 7.96. The number of ether oxygens (including phenoxy) is 1. The van der Waals surface area contributed by atoms with Gasteiger partial charge < -0.3 is 15.0 Å². The highest BCUT2D eigenvalue weighted by atomic mass is 16.6. The summed E-state index contributed by atoms with van der Waals surface area (Å²) in [6, 6.07) is 0. The van der Waals surface area contributed by atoms with E-state index < -0.39 is 5.60 Å². The highest BCUT2D eigenvalue weighted by Gasteiger charge is 2.15. The molecule has 0 aliphatic heterocycles. The monoisotopic (exact) mass is 417 g/mol. The summed E-state index contributed by atoms with van der Waals surface area (Å²) in [7, 11) is 0. The molecule has 0 atom stereocenters. The third-order valence-electron chi connectivity index (χ3n) is 4.47. The van der Waals surface area contributed by atoms with Gasteiger partial charge in [0, 0.05) is 31.9 Å². The summed E-state index contributed by atoms with van der Waals surface area (Å²) < 4.78 is 8.99. The van der Waals surface area contributed by atoms with Gasteiger partial charge >= 0.3 is 5.97 Å². The summed E-state index contributed by atoms with van der Waals surface area (Å²) in [5, 5.41) is 12.8. The Morgan fingerprint density at radius 2 is 1.90 bits per heavy atom. The lowest BCUT2D eigenvalue weighted by Crippen LogP contribution is -2.23. The third-order valence-corrected chi connectivity index (χ3v) is 4.47. The topological polar surface area (TPSA) is 113 Å². The van der Waals surface area contributed by atoms with Crippen molar-refractivity contribution >= 4 is 23.4 Å². The van der Waals surface area contributed by atoms with Crippen molar-refractivity contribution in [3.05, 3.63) is 18.6 Å². The van der Waals surface area contributed by atoms with Gasteiger partial charge in [0.15, 0.2) is 0 Å². The zero-order valence-electron chi connectivity index (χ0n) is 18.7. The van der Waals surface area contributed by atoms with E-state index in [1.807, 2.05) is 31.5 Å². The van der Waals surface area contributed by atoms with Crippen LogP contribution < -0.4 is 5.73 Å². The zero-order valence-corrected chi connectivity index (χ0v) is 18.7. The molecule has 0 aliphatic carbocycles. The van der Waals surface area contributed by atoms with Gasteiger partial charge in [0.2, 0.25) is 5.95 Å². The van der Waals surface area contributed by atoms with Gasteiger partial charge in [-0.15, -0.1) is 10.2 Å². The minimum atomic E-state index is -0.451. The fourth-order valence-electron chi connectivity index (χ4n) is 2.95. The first-order chi connectivity index (χ1) is 14.3. The number of anilines is 1. The lowest BCUT2D eigenvalue weighted by molar-refractivity contribution is -0.154. The Balaban J connectivity index is 1.83. The molecule has 0 saturated heterocycles. The summed E-state index contributed by atoms with van der Waals surface area (Å²) in [5.74, 6) is 0.837. The summed E-state index contributed by atoms with van der Waals surface area (Å²) in [6.07, 6.45) is 11.8. The van der Waals surface area contributed by atoms with Crippen molar-refractivity contribution in [3.8, 4) is 0 Å². The minimum Gasteiger partial charge on any atom is -0.460 e. The van der Waals surface area contributed by atoms with Crippen LogP contribution in [-0.2, 0) is 22.6 Å². The molecule has 0 aromatic carbocycles. The number of esters is 1. The van der Waals surface area contributed by atoms with E-state index in [-0.39, 0.29) is 5.97 Å². The standard InChI is InChI=1S/C21H35N7O2/c1-5-6-7-9-13-27-15-12-23-20(27)26-25-17-16-24-28(19(17)22)14-10-8-11-18(29)30-21(2,3)4/h12,15-16H,5-11,13-14,22H2,1-4H3. The minimum absolute atomic E-state index is 0.185. The van der Waals surface area contributed by atoms with Crippen LogP contribution in [0, 0.1) is 0 Å².